The van der Waals surface area contributed by atoms with Crippen molar-refractivity contribution in [3.8, 4) is 0 Å². The monoisotopic (exact) mass is 283 g/mol. The molecule has 0 radical (unpaired) electrons. The summed E-state index contributed by atoms with van der Waals surface area (Å²) in [5.74, 6) is 0.532. The largest absolute Gasteiger partial charge is 0.379 e. The lowest BCUT2D eigenvalue weighted by molar-refractivity contribution is 0.463. The maximum atomic E-state index is 4.74. The first kappa shape index (κ1) is 14.2. The maximum Gasteiger partial charge on any atom is 0.0815 e. The van der Waals surface area contributed by atoms with Gasteiger partial charge in [0, 0.05) is 11.9 Å². The third-order valence-electron chi connectivity index (χ3n) is 4.41. The van der Waals surface area contributed by atoms with Crippen molar-refractivity contribution in [2.75, 3.05) is 5.32 Å². The lowest BCUT2D eigenvalue weighted by atomic mass is 10.0. The Kier molecular flexibility index (Phi) is 4.28. The Morgan fingerprint density at radius 1 is 1.19 bits per heavy atom. The predicted octanol–water partition coefficient (Wildman–Crippen LogP) is 4.73. The Morgan fingerprint density at radius 3 is 2.71 bits per heavy atom. The molecule has 1 aromatic heterocycles. The molecule has 21 heavy (non-hydrogen) atoms. The summed E-state index contributed by atoms with van der Waals surface area (Å²) in [5.41, 5.74) is 3.72. The fraction of sp³-hybridized carbons (Fsp3) is 0.500. The second-order valence-corrected chi connectivity index (χ2v) is 6.32. The summed E-state index contributed by atoms with van der Waals surface area (Å²) in [5, 5.41) is 8.27. The highest BCUT2D eigenvalue weighted by Crippen LogP contribution is 2.29. The van der Waals surface area contributed by atoms with Crippen LogP contribution in [0.4, 0.5) is 5.69 Å². The molecule has 0 amide bonds. The molecule has 3 rings (SSSR count). The van der Waals surface area contributed by atoms with Crippen LogP contribution in [-0.4, -0.2) is 9.78 Å². The zero-order chi connectivity index (χ0) is 14.7. The van der Waals surface area contributed by atoms with Gasteiger partial charge in [-0.2, -0.15) is 5.10 Å². The number of nitrogens with one attached hydrogen (secondary N) is 1. The second kappa shape index (κ2) is 6.33. The predicted molar refractivity (Wildman–Crippen MR) is 87.6 cm³/mol. The third kappa shape index (κ3) is 3.29. The normalized spacial score (nSPS) is 15.8. The molecular weight excluding hydrogens is 258 g/mol. The Bertz CT molecular complexity index is 580. The first-order valence-corrected chi connectivity index (χ1v) is 8.11. The van der Waals surface area contributed by atoms with Crippen LogP contribution in [0.1, 0.15) is 62.7 Å². The van der Waals surface area contributed by atoms with Crippen LogP contribution in [0.3, 0.4) is 0 Å². The van der Waals surface area contributed by atoms with Gasteiger partial charge in [-0.1, -0.05) is 44.9 Å². The number of para-hydroxylation sites is 1. The molecule has 1 N–H and O–H groups in total. The summed E-state index contributed by atoms with van der Waals surface area (Å²) < 4.78 is 2.17. The second-order valence-electron chi connectivity index (χ2n) is 6.32. The zero-order valence-corrected chi connectivity index (χ0v) is 13.0. The van der Waals surface area contributed by atoms with Gasteiger partial charge in [-0.05, 0) is 36.5 Å². The topological polar surface area (TPSA) is 29.9 Å². The van der Waals surface area contributed by atoms with E-state index in [0.29, 0.717) is 12.0 Å². The van der Waals surface area contributed by atoms with E-state index in [1.165, 1.54) is 36.9 Å². The molecule has 3 heteroatoms. The first-order chi connectivity index (χ1) is 10.2. The summed E-state index contributed by atoms with van der Waals surface area (Å²) >= 11 is 0. The van der Waals surface area contributed by atoms with E-state index in [9.17, 15) is 0 Å². The van der Waals surface area contributed by atoms with Crippen molar-refractivity contribution < 1.29 is 0 Å². The quantitative estimate of drug-likeness (QED) is 0.859. The van der Waals surface area contributed by atoms with Crippen LogP contribution in [0, 0.1) is 0 Å². The highest BCUT2D eigenvalue weighted by Gasteiger charge is 2.17. The van der Waals surface area contributed by atoms with E-state index in [2.05, 4.69) is 60.4 Å². The SMILES string of the molecule is CC(C)c1ccccc1NCc1ccn(C2CCCC2)n1. The van der Waals surface area contributed by atoms with E-state index >= 15 is 0 Å². The number of hydrogen-bond acceptors (Lipinski definition) is 2. The van der Waals surface area contributed by atoms with Gasteiger partial charge in [0.15, 0.2) is 0 Å². The number of aromatic nitrogens is 2. The molecule has 3 nitrogen and oxygen atoms in total. The molecule has 1 aromatic carbocycles. The van der Waals surface area contributed by atoms with E-state index in [4.69, 9.17) is 5.10 Å². The Morgan fingerprint density at radius 2 is 1.95 bits per heavy atom. The van der Waals surface area contributed by atoms with Crippen molar-refractivity contribution in [3.63, 3.8) is 0 Å². The Hall–Kier alpha value is -1.77. The summed E-state index contributed by atoms with van der Waals surface area (Å²) in [4.78, 5) is 0. The van der Waals surface area contributed by atoms with Gasteiger partial charge >= 0.3 is 0 Å². The van der Waals surface area contributed by atoms with Crippen LogP contribution in [0.5, 0.6) is 0 Å². The van der Waals surface area contributed by atoms with Crippen molar-refractivity contribution >= 4 is 5.69 Å². The molecule has 1 saturated carbocycles. The molecule has 1 aliphatic carbocycles. The van der Waals surface area contributed by atoms with Crippen LogP contribution in [0.2, 0.25) is 0 Å². The van der Waals surface area contributed by atoms with Gasteiger partial charge in [-0.3, -0.25) is 4.68 Å². The van der Waals surface area contributed by atoms with Crippen LogP contribution >= 0.6 is 0 Å². The third-order valence-corrected chi connectivity index (χ3v) is 4.41. The van der Waals surface area contributed by atoms with Gasteiger partial charge in [0.05, 0.1) is 18.3 Å². The molecule has 112 valence electrons. The van der Waals surface area contributed by atoms with E-state index < -0.39 is 0 Å². The van der Waals surface area contributed by atoms with Gasteiger partial charge < -0.3 is 5.32 Å². The standard InChI is InChI=1S/C18H25N3/c1-14(2)17-9-5-6-10-18(17)19-13-15-11-12-21(20-15)16-7-3-4-8-16/h5-6,9-12,14,16,19H,3-4,7-8,13H2,1-2H3. The number of hydrogen-bond donors (Lipinski definition) is 1. The molecule has 0 unspecified atom stereocenters. The summed E-state index contributed by atoms with van der Waals surface area (Å²) in [6.45, 7) is 5.26. The minimum absolute atomic E-state index is 0.532. The highest BCUT2D eigenvalue weighted by atomic mass is 15.3. The smallest absolute Gasteiger partial charge is 0.0815 e. The molecule has 1 fully saturated rings. The van der Waals surface area contributed by atoms with Gasteiger partial charge in [0.1, 0.15) is 0 Å². The van der Waals surface area contributed by atoms with Gasteiger partial charge in [-0.25, -0.2) is 0 Å². The van der Waals surface area contributed by atoms with Crippen molar-refractivity contribution in [1.29, 1.82) is 0 Å². The molecule has 0 aliphatic heterocycles. The molecule has 0 bridgehead atoms. The van der Waals surface area contributed by atoms with Crippen molar-refractivity contribution in [2.45, 2.75) is 58.0 Å². The number of anilines is 1. The maximum absolute atomic E-state index is 4.74. The van der Waals surface area contributed by atoms with E-state index in [1.54, 1.807) is 0 Å². The molecule has 1 aliphatic rings. The number of rotatable bonds is 5. The highest BCUT2D eigenvalue weighted by molar-refractivity contribution is 5.52. The molecule has 0 saturated heterocycles. The Labute approximate surface area is 127 Å². The fourth-order valence-electron chi connectivity index (χ4n) is 3.19. The minimum atomic E-state index is 0.532. The minimum Gasteiger partial charge on any atom is -0.379 e. The van der Waals surface area contributed by atoms with Crippen LogP contribution in [0.25, 0.3) is 0 Å². The average Bonchev–Trinajstić information content (AvgIpc) is 3.16. The van der Waals surface area contributed by atoms with Gasteiger partial charge in [0.25, 0.3) is 0 Å². The van der Waals surface area contributed by atoms with Crippen molar-refractivity contribution in [1.82, 2.24) is 9.78 Å². The van der Waals surface area contributed by atoms with Crippen LogP contribution < -0.4 is 5.32 Å². The van der Waals surface area contributed by atoms with Gasteiger partial charge in [-0.15, -0.1) is 0 Å². The molecular formula is C18H25N3. The van der Waals surface area contributed by atoms with Crippen LogP contribution in [0.15, 0.2) is 36.5 Å². The molecule has 1 heterocycles. The van der Waals surface area contributed by atoms with Crippen molar-refractivity contribution in [3.05, 3.63) is 47.8 Å². The summed E-state index contributed by atoms with van der Waals surface area (Å²) in [6.07, 6.45) is 7.40. The number of nitrogens with zero attached hydrogens (tertiary/aromatic N) is 2. The lowest BCUT2D eigenvalue weighted by Gasteiger charge is -2.14. The van der Waals surface area contributed by atoms with Crippen molar-refractivity contribution in [2.24, 2.45) is 0 Å². The van der Waals surface area contributed by atoms with Crippen LogP contribution in [-0.2, 0) is 6.54 Å². The zero-order valence-electron chi connectivity index (χ0n) is 13.0. The van der Waals surface area contributed by atoms with Gasteiger partial charge in [0.2, 0.25) is 0 Å². The van der Waals surface area contributed by atoms with E-state index in [0.717, 1.165) is 12.2 Å². The Balaban J connectivity index is 1.65. The lowest BCUT2D eigenvalue weighted by Crippen LogP contribution is -2.08. The molecule has 0 spiro atoms. The summed E-state index contributed by atoms with van der Waals surface area (Å²) in [7, 11) is 0. The van der Waals surface area contributed by atoms with E-state index in [1.807, 2.05) is 0 Å². The average molecular weight is 283 g/mol. The number of benzene rings is 1. The fourth-order valence-corrected chi connectivity index (χ4v) is 3.19. The molecule has 2 aromatic rings. The summed E-state index contributed by atoms with van der Waals surface area (Å²) in [6, 6.07) is 11.3. The first-order valence-electron chi connectivity index (χ1n) is 8.11. The van der Waals surface area contributed by atoms with E-state index in [-0.39, 0.29) is 0 Å². The molecule has 0 atom stereocenters.